The van der Waals surface area contributed by atoms with Gasteiger partial charge >= 0.3 is 68.9 Å². The first-order chi connectivity index (χ1) is 11.3. The number of methoxy groups -OCH3 is 1. The Labute approximate surface area is 206 Å². The average Bonchev–Trinajstić information content (AvgIpc) is 3.42. The number of ether oxygens (including phenoxy) is 1. The molecule has 0 bridgehead atoms. The van der Waals surface area contributed by atoms with Crippen molar-refractivity contribution in [2.75, 3.05) is 12.4 Å². The van der Waals surface area contributed by atoms with E-state index in [1.165, 1.54) is 19.3 Å². The molecule has 0 atom stereocenters. The summed E-state index contributed by atoms with van der Waals surface area (Å²) in [6, 6.07) is 11.3. The van der Waals surface area contributed by atoms with Gasteiger partial charge in [0.15, 0.2) is 5.65 Å². The second-order valence-corrected chi connectivity index (χ2v) is 5.19. The summed E-state index contributed by atoms with van der Waals surface area (Å²) in [5.74, 6) is 1.22. The van der Waals surface area contributed by atoms with E-state index in [0.717, 1.165) is 22.4 Å². The van der Waals surface area contributed by atoms with Gasteiger partial charge < -0.3 is 17.5 Å². The smallest absolute Gasteiger partial charge is 0.496 e. The van der Waals surface area contributed by atoms with Crippen LogP contribution in [0.15, 0.2) is 36.4 Å². The van der Waals surface area contributed by atoms with Crippen molar-refractivity contribution in [3.8, 4) is 17.0 Å². The number of aromatic nitrogens is 3. The van der Waals surface area contributed by atoms with E-state index in [9.17, 15) is 4.79 Å². The summed E-state index contributed by atoms with van der Waals surface area (Å²) in [6.45, 7) is 0. The fraction of sp³-hybridized carbons (Fsp3) is 0.222. The molecule has 126 valence electrons. The second-order valence-electron chi connectivity index (χ2n) is 5.19. The number of fused-ring (bicyclic) bond motifs is 1. The van der Waals surface area contributed by atoms with Crippen LogP contribution in [0.5, 0.6) is 5.75 Å². The van der Waals surface area contributed by atoms with Gasteiger partial charge in [0.25, 0.3) is 0 Å². The molecule has 4 rings (SSSR count). The first-order valence-electron chi connectivity index (χ1n) is 7.52. The van der Waals surface area contributed by atoms with E-state index in [2.05, 4.69) is 20.5 Å². The minimum atomic E-state index is 0. The molecule has 1 aliphatic rings. The third-order valence-corrected chi connectivity index (χ3v) is 3.35. The number of nitrogens with zero attached hydrogens (tertiary/aromatic N) is 2. The quantitative estimate of drug-likeness (QED) is 0.449. The number of hydrogen-bond acceptors (Lipinski definition) is 4. The number of benzene rings is 1. The Morgan fingerprint density at radius 3 is 2.52 bits per heavy atom. The van der Waals surface area contributed by atoms with Gasteiger partial charge in [0.05, 0.1) is 12.8 Å². The maximum Gasteiger partial charge on any atom is 1.00 e. The molecule has 3 aromatic rings. The van der Waals surface area contributed by atoms with Gasteiger partial charge in [0.1, 0.15) is 11.6 Å². The Morgan fingerprint density at radius 1 is 1.16 bits per heavy atom. The molecule has 0 radical (unpaired) electrons. The van der Waals surface area contributed by atoms with Crippen LogP contribution in [-0.4, -0.2) is 28.7 Å². The minimum Gasteiger partial charge on any atom is -0.496 e. The van der Waals surface area contributed by atoms with Crippen LogP contribution in [0.2, 0.25) is 0 Å². The largest absolute Gasteiger partial charge is 1.00 e. The van der Waals surface area contributed by atoms with Crippen molar-refractivity contribution < 1.29 is 78.4 Å². The van der Waals surface area contributed by atoms with E-state index in [0.29, 0.717) is 17.9 Å². The number of rotatable bonds is 4. The van der Waals surface area contributed by atoms with Crippen molar-refractivity contribution in [1.29, 1.82) is 0 Å². The van der Waals surface area contributed by atoms with E-state index >= 15 is 0 Å². The number of hydrogen-bond donors (Lipinski definition) is 2. The average molecular weight is 458 g/mol. The molecule has 6 nitrogen and oxygen atoms in total. The van der Waals surface area contributed by atoms with Crippen LogP contribution in [0, 0.1) is 7.43 Å². The number of carbonyl (C=O) groups is 1. The van der Waals surface area contributed by atoms with Crippen LogP contribution in [0.4, 0.5) is 5.82 Å². The number of para-hydroxylation sites is 1. The van der Waals surface area contributed by atoms with Gasteiger partial charge in [0.2, 0.25) is 6.41 Å². The van der Waals surface area contributed by atoms with Gasteiger partial charge in [-0.1, -0.05) is 31.4 Å². The molecule has 2 aromatic heterocycles. The van der Waals surface area contributed by atoms with Crippen molar-refractivity contribution in [3.63, 3.8) is 0 Å². The van der Waals surface area contributed by atoms with Gasteiger partial charge in [-0.2, -0.15) is 5.10 Å². The molecule has 0 aliphatic heterocycles. The number of aromatic amines is 1. The summed E-state index contributed by atoms with van der Waals surface area (Å²) in [5, 5.41) is 10.5. The number of carbonyl (C=O) groups excluding carboxylic acids is 1. The van der Waals surface area contributed by atoms with Crippen molar-refractivity contribution in [3.05, 3.63) is 43.8 Å². The van der Waals surface area contributed by atoms with E-state index in [4.69, 9.17) is 4.74 Å². The van der Waals surface area contributed by atoms with Gasteiger partial charge in [-0.25, -0.2) is 4.98 Å². The monoisotopic (exact) mass is 458 g/mol. The molecule has 1 fully saturated rings. The van der Waals surface area contributed by atoms with Crippen LogP contribution in [0.25, 0.3) is 22.3 Å². The van der Waals surface area contributed by atoms with Crippen molar-refractivity contribution in [2.24, 2.45) is 0 Å². The topological polar surface area (TPSA) is 79.9 Å². The van der Waals surface area contributed by atoms with Crippen LogP contribution >= 0.6 is 0 Å². The maximum atomic E-state index is 10.4. The zero-order valence-electron chi connectivity index (χ0n) is 14.9. The molecule has 7 heteroatoms. The first kappa shape index (κ1) is 22.2. The van der Waals surface area contributed by atoms with Crippen molar-refractivity contribution >= 4 is 23.3 Å². The van der Waals surface area contributed by atoms with E-state index in [1.54, 1.807) is 13.2 Å². The molecule has 25 heavy (non-hydrogen) atoms. The Morgan fingerprint density at radius 2 is 1.88 bits per heavy atom. The van der Waals surface area contributed by atoms with Crippen LogP contribution in [-0.2, 0) is 4.79 Å². The predicted octanol–water partition coefficient (Wildman–Crippen LogP) is 0.826. The zero-order valence-corrected chi connectivity index (χ0v) is 21.2. The number of pyridine rings is 1. The Balaban J connectivity index is 0.000000567. The third kappa shape index (κ3) is 5.84. The molecular formula is C18H21CsN4O2. The fourth-order valence-corrected chi connectivity index (χ4v) is 2.10. The van der Waals surface area contributed by atoms with E-state index in [-0.39, 0.29) is 76.3 Å². The summed E-state index contributed by atoms with van der Waals surface area (Å²) >= 11 is 0. The Kier molecular flexibility index (Phi) is 9.77. The molecule has 2 heterocycles. The van der Waals surface area contributed by atoms with Gasteiger partial charge in [0, 0.05) is 10.9 Å². The Hall–Kier alpha value is -0.838. The molecule has 1 aliphatic carbocycles. The van der Waals surface area contributed by atoms with Crippen molar-refractivity contribution in [1.82, 2.24) is 15.2 Å². The minimum absolute atomic E-state index is 0. The SMILES string of the molecule is C1CC1.COc1ccccc1-c1[nH]nc2nc(NC=O)ccc12.[CH3-].[Cs+]. The standard InChI is InChI=1S/C14H12N4O2.C3H6.CH3.Cs/c1-20-11-5-3-2-4-9(11)13-10-6-7-12(15-8-19)16-14(10)18-17-13;1-2-3-1;;/h2-8H,1H3,(H2,15,16,17,18,19);1-3H2;1H3;/q;;-1;+1. The summed E-state index contributed by atoms with van der Waals surface area (Å²) in [7, 11) is 1.63. The molecular weight excluding hydrogens is 437 g/mol. The van der Waals surface area contributed by atoms with Crippen LogP contribution < -0.4 is 78.9 Å². The molecule has 2 N–H and O–H groups in total. The predicted molar refractivity (Wildman–Crippen MR) is 95.8 cm³/mol. The summed E-state index contributed by atoms with van der Waals surface area (Å²) in [6.07, 6.45) is 5.09. The molecule has 1 aromatic carbocycles. The summed E-state index contributed by atoms with van der Waals surface area (Å²) in [4.78, 5) is 14.7. The maximum absolute atomic E-state index is 10.4. The number of nitrogens with one attached hydrogen (secondary N) is 2. The zero-order chi connectivity index (χ0) is 16.1. The van der Waals surface area contributed by atoms with Crippen LogP contribution in [0.3, 0.4) is 0 Å². The first-order valence-corrected chi connectivity index (χ1v) is 7.52. The molecule has 1 amide bonds. The number of anilines is 1. The van der Waals surface area contributed by atoms with E-state index in [1.807, 2.05) is 30.3 Å². The molecule has 1 saturated carbocycles. The molecule has 0 spiro atoms. The van der Waals surface area contributed by atoms with Crippen molar-refractivity contribution in [2.45, 2.75) is 19.3 Å². The van der Waals surface area contributed by atoms with E-state index < -0.39 is 0 Å². The Bertz CT molecular complexity index is 815. The van der Waals surface area contributed by atoms with Crippen LogP contribution in [0.1, 0.15) is 19.3 Å². The molecule has 0 unspecified atom stereocenters. The van der Waals surface area contributed by atoms with Gasteiger partial charge in [-0.3, -0.25) is 9.89 Å². The summed E-state index contributed by atoms with van der Waals surface area (Å²) in [5.41, 5.74) is 2.29. The molecule has 0 saturated heterocycles. The third-order valence-electron chi connectivity index (χ3n) is 3.35. The normalized spacial score (nSPS) is 11.2. The van der Waals surface area contributed by atoms with Gasteiger partial charge in [-0.05, 0) is 24.3 Å². The number of amides is 1. The van der Waals surface area contributed by atoms with Gasteiger partial charge in [-0.15, -0.1) is 0 Å². The fourth-order valence-electron chi connectivity index (χ4n) is 2.10. The second kappa shape index (κ2) is 11.0. The summed E-state index contributed by atoms with van der Waals surface area (Å²) < 4.78 is 5.35. The number of H-pyrrole nitrogens is 1.